The molecule has 4 aromatic heterocycles. The van der Waals surface area contributed by atoms with Gasteiger partial charge in [0.1, 0.15) is 22.7 Å². The van der Waals surface area contributed by atoms with Crippen LogP contribution in [0.5, 0.6) is 0 Å². The lowest BCUT2D eigenvalue weighted by atomic mass is 9.98. The molecule has 60 heavy (non-hydrogen) atoms. The molecule has 0 radical (unpaired) electrons. The van der Waals surface area contributed by atoms with E-state index in [9.17, 15) is 0 Å². The van der Waals surface area contributed by atoms with E-state index in [4.69, 9.17) is 19.9 Å². The second-order valence-corrected chi connectivity index (χ2v) is 14.7. The maximum atomic E-state index is 5.11. The Balaban J connectivity index is 0.893. The molecule has 7 aromatic carbocycles. The summed E-state index contributed by atoms with van der Waals surface area (Å²) in [7, 11) is 0. The van der Waals surface area contributed by atoms with Crippen molar-refractivity contribution in [3.05, 3.63) is 219 Å². The SMILES string of the molecule is c1ccc(-c2ccccc2-n2c(-c3ccc(-c4ccc(-c5ccc(-c6nc7cccnc7n6-c6ccccc6-c6ccccc6)cc5)cc4)cc3)nc3cccnc32)cc1. The van der Waals surface area contributed by atoms with Crippen molar-refractivity contribution in [2.24, 2.45) is 0 Å². The van der Waals surface area contributed by atoms with Crippen LogP contribution in [-0.4, -0.2) is 29.1 Å². The Bertz CT molecular complexity index is 3050. The summed E-state index contributed by atoms with van der Waals surface area (Å²) in [5.74, 6) is 1.70. The predicted octanol–water partition coefficient (Wildman–Crippen LogP) is 13.2. The molecule has 4 heterocycles. The van der Waals surface area contributed by atoms with Gasteiger partial charge in [0, 0.05) is 34.6 Å². The first-order valence-corrected chi connectivity index (χ1v) is 20.1. The lowest BCUT2D eigenvalue weighted by Crippen LogP contribution is -2.01. The first-order valence-electron chi connectivity index (χ1n) is 20.1. The van der Waals surface area contributed by atoms with Crippen molar-refractivity contribution in [3.63, 3.8) is 0 Å². The van der Waals surface area contributed by atoms with Gasteiger partial charge in [-0.25, -0.2) is 19.9 Å². The fourth-order valence-electron chi connectivity index (χ4n) is 8.21. The zero-order valence-corrected chi connectivity index (χ0v) is 32.5. The molecule has 0 spiro atoms. The lowest BCUT2D eigenvalue weighted by Gasteiger charge is -2.15. The van der Waals surface area contributed by atoms with Crippen molar-refractivity contribution in [2.75, 3.05) is 0 Å². The number of hydrogen-bond donors (Lipinski definition) is 0. The van der Waals surface area contributed by atoms with Crippen molar-refractivity contribution < 1.29 is 0 Å². The van der Waals surface area contributed by atoms with Crippen molar-refractivity contribution in [1.82, 2.24) is 29.1 Å². The minimum absolute atomic E-state index is 0.827. The lowest BCUT2D eigenvalue weighted by molar-refractivity contribution is 1.08. The molecule has 0 unspecified atom stereocenters. The molecule has 282 valence electrons. The highest BCUT2D eigenvalue weighted by Crippen LogP contribution is 2.37. The van der Waals surface area contributed by atoms with E-state index >= 15 is 0 Å². The Hall–Kier alpha value is -8.22. The molecular formula is C54H36N6. The van der Waals surface area contributed by atoms with Gasteiger partial charge >= 0.3 is 0 Å². The number of nitrogens with zero attached hydrogens (tertiary/aromatic N) is 6. The summed E-state index contributed by atoms with van der Waals surface area (Å²) in [6.07, 6.45) is 3.66. The van der Waals surface area contributed by atoms with Gasteiger partial charge in [-0.15, -0.1) is 0 Å². The Morgan fingerprint density at radius 1 is 0.267 bits per heavy atom. The summed E-state index contributed by atoms with van der Waals surface area (Å²) in [6, 6.07) is 71.9. The van der Waals surface area contributed by atoms with Gasteiger partial charge in [-0.3, -0.25) is 9.13 Å². The molecule has 11 rings (SSSR count). The second-order valence-electron chi connectivity index (χ2n) is 14.7. The number of rotatable bonds is 8. The topological polar surface area (TPSA) is 61.4 Å². The largest absolute Gasteiger partial charge is 0.276 e. The van der Waals surface area contributed by atoms with Crippen molar-refractivity contribution in [2.45, 2.75) is 0 Å². The van der Waals surface area contributed by atoms with Crippen molar-refractivity contribution >= 4 is 22.3 Å². The number of benzene rings is 7. The molecule has 0 bridgehead atoms. The third kappa shape index (κ3) is 6.24. The van der Waals surface area contributed by atoms with E-state index in [0.717, 1.165) is 101 Å². The van der Waals surface area contributed by atoms with Crippen LogP contribution in [0.25, 0.3) is 101 Å². The number of imidazole rings is 2. The van der Waals surface area contributed by atoms with Gasteiger partial charge in [-0.05, 0) is 69.8 Å². The van der Waals surface area contributed by atoms with Gasteiger partial charge in [0.25, 0.3) is 0 Å². The van der Waals surface area contributed by atoms with Gasteiger partial charge in [-0.2, -0.15) is 0 Å². The van der Waals surface area contributed by atoms with E-state index in [1.807, 2.05) is 48.8 Å². The molecule has 0 saturated carbocycles. The number of hydrogen-bond acceptors (Lipinski definition) is 4. The fraction of sp³-hybridized carbons (Fsp3) is 0. The number of aromatic nitrogens is 6. The highest BCUT2D eigenvalue weighted by molar-refractivity contribution is 5.86. The van der Waals surface area contributed by atoms with Crippen LogP contribution in [0.15, 0.2) is 219 Å². The Morgan fingerprint density at radius 3 is 0.983 bits per heavy atom. The standard InChI is InChI=1S/C54H36N6/c1-3-13-41(14-4-1)45-17-7-9-21-49(45)59-51(57-47-19-11-35-55-53(47)59)43-31-27-39(28-32-43)37-23-25-38(26-24-37)40-29-33-44(34-30-40)52-58-48-20-12-36-56-54(48)60(52)50-22-10-8-18-46(50)42-15-5-2-6-16-42/h1-36H. The molecule has 0 N–H and O–H groups in total. The summed E-state index contributed by atoms with van der Waals surface area (Å²) < 4.78 is 4.37. The summed E-state index contributed by atoms with van der Waals surface area (Å²) in [6.45, 7) is 0. The summed E-state index contributed by atoms with van der Waals surface area (Å²) in [5.41, 5.74) is 16.6. The van der Waals surface area contributed by atoms with Crippen LogP contribution in [0.4, 0.5) is 0 Å². The quantitative estimate of drug-likeness (QED) is 0.154. The highest BCUT2D eigenvalue weighted by atomic mass is 15.1. The molecule has 0 aliphatic rings. The number of para-hydroxylation sites is 2. The monoisotopic (exact) mass is 768 g/mol. The molecule has 0 aliphatic heterocycles. The Morgan fingerprint density at radius 2 is 0.600 bits per heavy atom. The summed E-state index contributed by atoms with van der Waals surface area (Å²) in [4.78, 5) is 19.8. The van der Waals surface area contributed by atoms with Gasteiger partial charge in [0.05, 0.1) is 11.4 Å². The van der Waals surface area contributed by atoms with Crippen LogP contribution in [0.1, 0.15) is 0 Å². The van der Waals surface area contributed by atoms with E-state index in [2.05, 4.69) is 179 Å². The van der Waals surface area contributed by atoms with Crippen LogP contribution >= 0.6 is 0 Å². The molecule has 6 nitrogen and oxygen atoms in total. The van der Waals surface area contributed by atoms with Crippen LogP contribution in [-0.2, 0) is 0 Å². The van der Waals surface area contributed by atoms with Gasteiger partial charge in [0.15, 0.2) is 11.3 Å². The number of pyridine rings is 2. The van der Waals surface area contributed by atoms with Crippen molar-refractivity contribution in [3.8, 4) is 78.7 Å². The maximum Gasteiger partial charge on any atom is 0.164 e. The summed E-state index contributed by atoms with van der Waals surface area (Å²) in [5, 5.41) is 0. The van der Waals surface area contributed by atoms with Crippen molar-refractivity contribution in [1.29, 1.82) is 0 Å². The average Bonchev–Trinajstić information content (AvgIpc) is 3.92. The Labute approximate surface area is 347 Å². The van der Waals surface area contributed by atoms with Crippen LogP contribution in [0.3, 0.4) is 0 Å². The molecule has 0 atom stereocenters. The van der Waals surface area contributed by atoms with E-state index in [-0.39, 0.29) is 0 Å². The predicted molar refractivity (Wildman–Crippen MR) is 244 cm³/mol. The third-order valence-electron chi connectivity index (χ3n) is 11.1. The van der Waals surface area contributed by atoms with Gasteiger partial charge in [0.2, 0.25) is 0 Å². The summed E-state index contributed by atoms with van der Waals surface area (Å²) >= 11 is 0. The molecule has 11 aromatic rings. The molecule has 0 fully saturated rings. The highest BCUT2D eigenvalue weighted by Gasteiger charge is 2.20. The maximum absolute atomic E-state index is 5.11. The number of fused-ring (bicyclic) bond motifs is 2. The molecule has 0 aliphatic carbocycles. The molecular weight excluding hydrogens is 733 g/mol. The van der Waals surface area contributed by atoms with Gasteiger partial charge < -0.3 is 0 Å². The van der Waals surface area contributed by atoms with Crippen LogP contribution in [0, 0.1) is 0 Å². The zero-order valence-electron chi connectivity index (χ0n) is 32.5. The first-order chi connectivity index (χ1) is 29.8. The molecule has 6 heteroatoms. The average molecular weight is 769 g/mol. The smallest absolute Gasteiger partial charge is 0.164 e. The second kappa shape index (κ2) is 14.9. The first kappa shape index (κ1) is 35.0. The van der Waals surface area contributed by atoms with E-state index in [1.54, 1.807) is 0 Å². The van der Waals surface area contributed by atoms with E-state index in [1.165, 1.54) is 0 Å². The van der Waals surface area contributed by atoms with E-state index < -0.39 is 0 Å². The minimum Gasteiger partial charge on any atom is -0.276 e. The van der Waals surface area contributed by atoms with Crippen LogP contribution < -0.4 is 0 Å². The Kier molecular flexibility index (Phi) is 8.71. The van der Waals surface area contributed by atoms with Crippen LogP contribution in [0.2, 0.25) is 0 Å². The van der Waals surface area contributed by atoms with Gasteiger partial charge in [-0.1, -0.05) is 170 Å². The minimum atomic E-state index is 0.827. The fourth-order valence-corrected chi connectivity index (χ4v) is 8.21. The molecule has 0 amide bonds. The normalized spacial score (nSPS) is 11.3. The molecule has 0 saturated heterocycles. The zero-order chi connectivity index (χ0) is 39.8. The van der Waals surface area contributed by atoms with E-state index in [0.29, 0.717) is 0 Å². The third-order valence-corrected chi connectivity index (χ3v) is 11.1.